The number of carbonyl (C=O) groups is 4. The maximum Gasteiger partial charge on any atom is 0.326 e. The average molecular weight is 388 g/mol. The van der Waals surface area contributed by atoms with Crippen LogP contribution in [0.4, 0.5) is 0 Å². The van der Waals surface area contributed by atoms with E-state index in [0.717, 1.165) is 0 Å². The van der Waals surface area contributed by atoms with Crippen LogP contribution in [0, 0.1) is 0 Å². The summed E-state index contributed by atoms with van der Waals surface area (Å²) in [5, 5.41) is 14.4. The first-order chi connectivity index (χ1) is 12.2. The van der Waals surface area contributed by atoms with Crippen LogP contribution in [0.2, 0.25) is 0 Å². The van der Waals surface area contributed by atoms with Crippen molar-refractivity contribution in [1.82, 2.24) is 15.5 Å². The predicted octanol–water partition coefficient (Wildman–Crippen LogP) is -0.848. The predicted molar refractivity (Wildman–Crippen MR) is 98.6 cm³/mol. The Balaban J connectivity index is 2.72. The van der Waals surface area contributed by atoms with E-state index in [-0.39, 0.29) is 0 Å². The van der Waals surface area contributed by atoms with Crippen molar-refractivity contribution < 1.29 is 24.3 Å². The molecular formula is C16H28N4O5S. The second kappa shape index (κ2) is 10.4. The lowest BCUT2D eigenvalue weighted by Gasteiger charge is -2.27. The van der Waals surface area contributed by atoms with E-state index in [2.05, 4.69) is 10.6 Å². The SMILES string of the molecule is CSCCC(NC(=O)C(C)N)C(=O)NC(C)C(=O)N1CCCC1C(=O)O. The molecule has 0 aliphatic carbocycles. The number of nitrogens with zero attached hydrogens (tertiary/aromatic N) is 1. The number of likely N-dealkylation sites (tertiary alicyclic amines) is 1. The van der Waals surface area contributed by atoms with Crippen LogP contribution in [0.15, 0.2) is 0 Å². The highest BCUT2D eigenvalue weighted by atomic mass is 32.2. The number of hydrogen-bond acceptors (Lipinski definition) is 6. The highest BCUT2D eigenvalue weighted by Gasteiger charge is 2.36. The van der Waals surface area contributed by atoms with E-state index < -0.39 is 47.9 Å². The molecule has 0 aromatic carbocycles. The van der Waals surface area contributed by atoms with Gasteiger partial charge in [-0.1, -0.05) is 0 Å². The molecule has 0 aromatic heterocycles. The lowest BCUT2D eigenvalue weighted by Crippen LogP contribution is -2.56. The number of nitrogens with one attached hydrogen (secondary N) is 2. The van der Waals surface area contributed by atoms with E-state index in [1.807, 2.05) is 6.26 Å². The van der Waals surface area contributed by atoms with E-state index >= 15 is 0 Å². The lowest BCUT2D eigenvalue weighted by atomic mass is 10.1. The molecule has 1 aliphatic heterocycles. The van der Waals surface area contributed by atoms with Gasteiger partial charge in [-0.25, -0.2) is 4.79 Å². The van der Waals surface area contributed by atoms with Crippen LogP contribution in [0.3, 0.4) is 0 Å². The lowest BCUT2D eigenvalue weighted by molar-refractivity contribution is -0.149. The largest absolute Gasteiger partial charge is 0.480 e. The smallest absolute Gasteiger partial charge is 0.326 e. The van der Waals surface area contributed by atoms with Crippen molar-refractivity contribution in [2.45, 2.75) is 57.3 Å². The van der Waals surface area contributed by atoms with Crippen molar-refractivity contribution in [2.75, 3.05) is 18.6 Å². The zero-order valence-electron chi connectivity index (χ0n) is 15.4. The number of rotatable bonds is 9. The minimum absolute atomic E-state index is 0.355. The van der Waals surface area contributed by atoms with E-state index in [9.17, 15) is 24.3 Å². The van der Waals surface area contributed by atoms with E-state index in [4.69, 9.17) is 5.73 Å². The molecule has 0 saturated carbocycles. The molecule has 1 aliphatic rings. The Labute approximate surface area is 157 Å². The molecule has 1 heterocycles. The fourth-order valence-electron chi connectivity index (χ4n) is 2.72. The van der Waals surface area contributed by atoms with Crippen molar-refractivity contribution >= 4 is 35.5 Å². The van der Waals surface area contributed by atoms with E-state index in [1.54, 1.807) is 0 Å². The van der Waals surface area contributed by atoms with Crippen LogP contribution in [0.1, 0.15) is 33.1 Å². The molecule has 4 atom stereocenters. The topological polar surface area (TPSA) is 142 Å². The van der Waals surface area contributed by atoms with Crippen molar-refractivity contribution in [1.29, 1.82) is 0 Å². The Hall–Kier alpha value is -1.81. The zero-order chi connectivity index (χ0) is 19.9. The van der Waals surface area contributed by atoms with Gasteiger partial charge in [0.2, 0.25) is 17.7 Å². The second-order valence-corrected chi connectivity index (χ2v) is 7.38. The molecule has 4 unspecified atom stereocenters. The molecule has 0 bridgehead atoms. The number of carboxylic acids is 1. The van der Waals surface area contributed by atoms with Crippen molar-refractivity contribution in [3.63, 3.8) is 0 Å². The minimum Gasteiger partial charge on any atom is -0.480 e. The van der Waals surface area contributed by atoms with Crippen LogP contribution in [-0.2, 0) is 19.2 Å². The summed E-state index contributed by atoms with van der Waals surface area (Å²) in [6.07, 6.45) is 3.30. The van der Waals surface area contributed by atoms with Gasteiger partial charge < -0.3 is 26.4 Å². The van der Waals surface area contributed by atoms with E-state index in [1.165, 1.54) is 30.5 Å². The van der Waals surface area contributed by atoms with Crippen molar-refractivity contribution in [3.8, 4) is 0 Å². The van der Waals surface area contributed by atoms with Gasteiger partial charge in [-0.05, 0) is 45.1 Å². The first-order valence-electron chi connectivity index (χ1n) is 8.57. The fraction of sp³-hybridized carbons (Fsp3) is 0.750. The van der Waals surface area contributed by atoms with Gasteiger partial charge in [0.25, 0.3) is 0 Å². The monoisotopic (exact) mass is 388 g/mol. The molecule has 0 aromatic rings. The molecule has 26 heavy (non-hydrogen) atoms. The first kappa shape index (κ1) is 22.2. The zero-order valence-corrected chi connectivity index (χ0v) is 16.2. The van der Waals surface area contributed by atoms with Crippen LogP contribution in [-0.4, -0.2) is 76.4 Å². The molecule has 0 spiro atoms. The van der Waals surface area contributed by atoms with E-state index in [0.29, 0.717) is 31.6 Å². The molecular weight excluding hydrogens is 360 g/mol. The van der Waals surface area contributed by atoms with Gasteiger partial charge in [-0.15, -0.1) is 0 Å². The summed E-state index contributed by atoms with van der Waals surface area (Å²) in [4.78, 5) is 49.3. The van der Waals surface area contributed by atoms with Gasteiger partial charge in [-0.3, -0.25) is 14.4 Å². The Morgan fingerprint density at radius 2 is 1.88 bits per heavy atom. The van der Waals surface area contributed by atoms with Crippen LogP contribution in [0.5, 0.6) is 0 Å². The molecule has 10 heteroatoms. The maximum atomic E-state index is 12.5. The van der Waals surface area contributed by atoms with Crippen LogP contribution < -0.4 is 16.4 Å². The van der Waals surface area contributed by atoms with Crippen LogP contribution >= 0.6 is 11.8 Å². The summed E-state index contributed by atoms with van der Waals surface area (Å²) < 4.78 is 0. The molecule has 1 fully saturated rings. The minimum atomic E-state index is -1.04. The number of amides is 3. The third-order valence-electron chi connectivity index (χ3n) is 4.21. The van der Waals surface area contributed by atoms with Gasteiger partial charge in [0.05, 0.1) is 6.04 Å². The third kappa shape index (κ3) is 6.17. The van der Waals surface area contributed by atoms with Crippen molar-refractivity contribution in [2.24, 2.45) is 5.73 Å². The molecule has 5 N–H and O–H groups in total. The number of carbonyl (C=O) groups excluding carboxylic acids is 3. The highest BCUT2D eigenvalue weighted by Crippen LogP contribution is 2.18. The number of thioether (sulfide) groups is 1. The van der Waals surface area contributed by atoms with Gasteiger partial charge in [0.15, 0.2) is 0 Å². The molecule has 1 saturated heterocycles. The molecule has 9 nitrogen and oxygen atoms in total. The summed E-state index contributed by atoms with van der Waals surface area (Å²) in [7, 11) is 0. The highest BCUT2D eigenvalue weighted by molar-refractivity contribution is 7.98. The molecule has 3 amide bonds. The average Bonchev–Trinajstić information content (AvgIpc) is 3.07. The second-order valence-electron chi connectivity index (χ2n) is 6.39. The van der Waals surface area contributed by atoms with Gasteiger partial charge in [-0.2, -0.15) is 11.8 Å². The van der Waals surface area contributed by atoms with Gasteiger partial charge in [0, 0.05) is 6.54 Å². The Bertz CT molecular complexity index is 543. The van der Waals surface area contributed by atoms with Crippen LogP contribution in [0.25, 0.3) is 0 Å². The fourth-order valence-corrected chi connectivity index (χ4v) is 3.19. The Morgan fingerprint density at radius 3 is 2.42 bits per heavy atom. The molecule has 148 valence electrons. The number of nitrogens with two attached hydrogens (primary N) is 1. The summed E-state index contributed by atoms with van der Waals surface area (Å²) in [5.41, 5.74) is 5.52. The summed E-state index contributed by atoms with van der Waals surface area (Å²) in [6.45, 7) is 3.38. The Morgan fingerprint density at radius 1 is 1.23 bits per heavy atom. The number of aliphatic carboxylic acids is 1. The standard InChI is InChI=1S/C16H28N4O5S/c1-9(17)13(21)19-11(6-8-26-3)14(22)18-10(2)15(23)20-7-4-5-12(20)16(24)25/h9-12H,4-8,17H2,1-3H3,(H,18,22)(H,19,21)(H,24,25). The molecule has 0 radical (unpaired) electrons. The Kier molecular flexibility index (Phi) is 8.86. The first-order valence-corrected chi connectivity index (χ1v) is 9.97. The van der Waals surface area contributed by atoms with Crippen molar-refractivity contribution in [3.05, 3.63) is 0 Å². The normalized spacial score (nSPS) is 20.2. The molecule has 1 rings (SSSR count). The summed E-state index contributed by atoms with van der Waals surface area (Å²) in [5.74, 6) is -1.77. The summed E-state index contributed by atoms with van der Waals surface area (Å²) >= 11 is 1.53. The quantitative estimate of drug-likeness (QED) is 0.403. The maximum absolute atomic E-state index is 12.5. The van der Waals surface area contributed by atoms with Gasteiger partial charge in [0.1, 0.15) is 18.1 Å². The number of carboxylic acid groups (broad SMARTS) is 1. The number of hydrogen-bond donors (Lipinski definition) is 4. The van der Waals surface area contributed by atoms with Gasteiger partial charge >= 0.3 is 5.97 Å². The summed E-state index contributed by atoms with van der Waals surface area (Å²) in [6, 6.07) is -3.29. The third-order valence-corrected chi connectivity index (χ3v) is 4.85.